The highest BCUT2D eigenvalue weighted by molar-refractivity contribution is 6.31. The third-order valence-electron chi connectivity index (χ3n) is 2.79. The van der Waals surface area contributed by atoms with Gasteiger partial charge in [-0.15, -0.1) is 0 Å². The van der Waals surface area contributed by atoms with Gasteiger partial charge in [-0.1, -0.05) is 23.7 Å². The van der Waals surface area contributed by atoms with Gasteiger partial charge in [0.15, 0.2) is 6.61 Å². The Morgan fingerprint density at radius 3 is 2.68 bits per heavy atom. The minimum atomic E-state index is -0.749. The average molecular weight is 322 g/mol. The van der Waals surface area contributed by atoms with Crippen molar-refractivity contribution in [1.82, 2.24) is 0 Å². The summed E-state index contributed by atoms with van der Waals surface area (Å²) in [5.41, 5.74) is 1.69. The molecular weight excluding hydrogens is 309 g/mol. The second-order valence-corrected chi connectivity index (χ2v) is 5.03. The number of amides is 1. The molecule has 0 fully saturated rings. The van der Waals surface area contributed by atoms with Gasteiger partial charge in [-0.25, -0.2) is 9.18 Å². The summed E-state index contributed by atoms with van der Waals surface area (Å²) in [5.74, 6) is -1.84. The predicted octanol–water partition coefficient (Wildman–Crippen LogP) is 3.58. The number of halogens is 2. The number of hydrogen-bond donors (Lipinski definition) is 1. The fraction of sp³-hybridized carbons (Fsp3) is 0.125. The summed E-state index contributed by atoms with van der Waals surface area (Å²) in [6.45, 7) is 1.45. The molecule has 2 aromatic carbocycles. The summed E-state index contributed by atoms with van der Waals surface area (Å²) in [6.07, 6.45) is 0. The molecule has 4 nitrogen and oxygen atoms in total. The number of aryl methyl sites for hydroxylation is 1. The van der Waals surface area contributed by atoms with E-state index in [1.165, 1.54) is 6.07 Å². The van der Waals surface area contributed by atoms with Gasteiger partial charge in [-0.2, -0.15) is 0 Å². The van der Waals surface area contributed by atoms with Crippen molar-refractivity contribution in [2.45, 2.75) is 6.92 Å². The van der Waals surface area contributed by atoms with E-state index in [1.807, 2.05) is 13.0 Å². The van der Waals surface area contributed by atoms with E-state index in [9.17, 15) is 14.0 Å². The topological polar surface area (TPSA) is 55.4 Å². The molecule has 0 saturated heterocycles. The summed E-state index contributed by atoms with van der Waals surface area (Å²) in [6, 6.07) is 10.7. The fourth-order valence-electron chi connectivity index (χ4n) is 1.76. The molecule has 0 unspecified atom stereocenters. The maximum Gasteiger partial charge on any atom is 0.338 e. The number of benzene rings is 2. The Balaban J connectivity index is 1.90. The van der Waals surface area contributed by atoms with E-state index in [4.69, 9.17) is 16.3 Å². The SMILES string of the molecule is Cc1cccc(NC(=O)COC(=O)c2ccc(F)c(Cl)c2)c1. The summed E-state index contributed by atoms with van der Waals surface area (Å²) < 4.78 is 17.9. The van der Waals surface area contributed by atoms with Gasteiger partial charge in [-0.05, 0) is 42.8 Å². The van der Waals surface area contributed by atoms with Gasteiger partial charge in [0.2, 0.25) is 0 Å². The number of hydrogen-bond acceptors (Lipinski definition) is 3. The minimum absolute atomic E-state index is 0.0785. The van der Waals surface area contributed by atoms with Gasteiger partial charge in [0.25, 0.3) is 5.91 Å². The molecule has 0 bridgehead atoms. The van der Waals surface area contributed by atoms with Crippen LogP contribution in [0.25, 0.3) is 0 Å². The molecule has 22 heavy (non-hydrogen) atoms. The number of carbonyl (C=O) groups is 2. The van der Waals surface area contributed by atoms with Crippen molar-refractivity contribution in [1.29, 1.82) is 0 Å². The van der Waals surface area contributed by atoms with Gasteiger partial charge >= 0.3 is 5.97 Å². The van der Waals surface area contributed by atoms with Gasteiger partial charge in [0, 0.05) is 5.69 Å². The highest BCUT2D eigenvalue weighted by Crippen LogP contribution is 2.16. The van der Waals surface area contributed by atoms with Crippen LogP contribution in [0.15, 0.2) is 42.5 Å². The van der Waals surface area contributed by atoms with E-state index in [0.29, 0.717) is 5.69 Å². The molecule has 2 rings (SSSR count). The Kier molecular flexibility index (Phi) is 5.12. The first-order valence-electron chi connectivity index (χ1n) is 6.44. The number of esters is 1. The van der Waals surface area contributed by atoms with E-state index in [0.717, 1.165) is 17.7 Å². The third kappa shape index (κ3) is 4.30. The summed E-state index contributed by atoms with van der Waals surface area (Å²) in [7, 11) is 0. The number of ether oxygens (including phenoxy) is 1. The maximum absolute atomic E-state index is 13.0. The van der Waals surface area contributed by atoms with Crippen LogP contribution in [0.1, 0.15) is 15.9 Å². The molecule has 2 aromatic rings. The van der Waals surface area contributed by atoms with E-state index >= 15 is 0 Å². The first-order valence-corrected chi connectivity index (χ1v) is 6.82. The van der Waals surface area contributed by atoms with Crippen molar-refractivity contribution in [2.75, 3.05) is 11.9 Å². The molecule has 0 heterocycles. The largest absolute Gasteiger partial charge is 0.452 e. The average Bonchev–Trinajstić information content (AvgIpc) is 2.47. The maximum atomic E-state index is 13.0. The lowest BCUT2D eigenvalue weighted by Crippen LogP contribution is -2.21. The van der Waals surface area contributed by atoms with Crippen molar-refractivity contribution in [2.24, 2.45) is 0 Å². The van der Waals surface area contributed by atoms with E-state index in [1.54, 1.807) is 18.2 Å². The van der Waals surface area contributed by atoms with Crippen LogP contribution >= 0.6 is 11.6 Å². The number of rotatable bonds is 4. The second-order valence-electron chi connectivity index (χ2n) is 4.62. The summed E-state index contributed by atoms with van der Waals surface area (Å²) >= 11 is 5.58. The summed E-state index contributed by atoms with van der Waals surface area (Å²) in [5, 5.41) is 2.43. The van der Waals surface area contributed by atoms with Crippen LogP contribution < -0.4 is 5.32 Å². The molecule has 0 aliphatic heterocycles. The molecular formula is C16H13ClFNO3. The Bertz CT molecular complexity index is 718. The van der Waals surface area contributed by atoms with Gasteiger partial charge in [-0.3, -0.25) is 4.79 Å². The van der Waals surface area contributed by atoms with E-state index in [2.05, 4.69) is 5.32 Å². The number of carbonyl (C=O) groups excluding carboxylic acids is 2. The molecule has 0 saturated carbocycles. The van der Waals surface area contributed by atoms with Crippen LogP contribution in [0.5, 0.6) is 0 Å². The van der Waals surface area contributed by atoms with Gasteiger partial charge in [0.05, 0.1) is 10.6 Å². The first kappa shape index (κ1) is 16.0. The third-order valence-corrected chi connectivity index (χ3v) is 3.08. The molecule has 0 aliphatic rings. The lowest BCUT2D eigenvalue weighted by molar-refractivity contribution is -0.119. The highest BCUT2D eigenvalue weighted by Gasteiger charge is 2.12. The normalized spacial score (nSPS) is 10.1. The second kappa shape index (κ2) is 7.04. The highest BCUT2D eigenvalue weighted by atomic mass is 35.5. The van der Waals surface area contributed by atoms with E-state index in [-0.39, 0.29) is 10.6 Å². The molecule has 0 aromatic heterocycles. The summed E-state index contributed by atoms with van der Waals surface area (Å²) in [4.78, 5) is 23.4. The van der Waals surface area contributed by atoms with Crippen LogP contribution in [-0.4, -0.2) is 18.5 Å². The Morgan fingerprint density at radius 2 is 2.00 bits per heavy atom. The molecule has 0 aliphatic carbocycles. The molecule has 0 atom stereocenters. The van der Waals surface area contributed by atoms with Crippen molar-refractivity contribution < 1.29 is 18.7 Å². The van der Waals surface area contributed by atoms with E-state index < -0.39 is 24.3 Å². The quantitative estimate of drug-likeness (QED) is 0.876. The zero-order chi connectivity index (χ0) is 16.1. The van der Waals surface area contributed by atoms with Gasteiger partial charge in [0.1, 0.15) is 5.82 Å². The van der Waals surface area contributed by atoms with Crippen LogP contribution in [0.2, 0.25) is 5.02 Å². The van der Waals surface area contributed by atoms with Crippen LogP contribution in [0.3, 0.4) is 0 Å². The van der Waals surface area contributed by atoms with Crippen molar-refractivity contribution >= 4 is 29.2 Å². The van der Waals surface area contributed by atoms with Crippen LogP contribution in [-0.2, 0) is 9.53 Å². The standard InChI is InChI=1S/C16H13ClFNO3/c1-10-3-2-4-12(7-10)19-15(20)9-22-16(21)11-5-6-14(18)13(17)8-11/h2-8H,9H2,1H3,(H,19,20). The Hall–Kier alpha value is -2.40. The smallest absolute Gasteiger partial charge is 0.338 e. The Morgan fingerprint density at radius 1 is 1.23 bits per heavy atom. The van der Waals surface area contributed by atoms with Gasteiger partial charge < -0.3 is 10.1 Å². The molecule has 1 amide bonds. The van der Waals surface area contributed by atoms with Crippen molar-refractivity contribution in [3.8, 4) is 0 Å². The lowest BCUT2D eigenvalue weighted by atomic mass is 10.2. The molecule has 0 spiro atoms. The van der Waals surface area contributed by atoms with Crippen LogP contribution in [0, 0.1) is 12.7 Å². The first-order chi connectivity index (χ1) is 10.5. The fourth-order valence-corrected chi connectivity index (χ4v) is 1.94. The zero-order valence-corrected chi connectivity index (χ0v) is 12.5. The molecule has 1 N–H and O–H groups in total. The minimum Gasteiger partial charge on any atom is -0.452 e. The van der Waals surface area contributed by atoms with Crippen molar-refractivity contribution in [3.05, 3.63) is 64.4 Å². The molecule has 0 radical (unpaired) electrons. The monoisotopic (exact) mass is 321 g/mol. The molecule has 114 valence electrons. The van der Waals surface area contributed by atoms with Crippen molar-refractivity contribution in [3.63, 3.8) is 0 Å². The Labute approximate surface area is 131 Å². The zero-order valence-electron chi connectivity index (χ0n) is 11.7. The number of anilines is 1. The number of nitrogens with one attached hydrogen (secondary N) is 1. The predicted molar refractivity (Wildman–Crippen MR) is 81.5 cm³/mol. The molecule has 6 heteroatoms. The lowest BCUT2D eigenvalue weighted by Gasteiger charge is -2.07. The van der Waals surface area contributed by atoms with Crippen LogP contribution in [0.4, 0.5) is 10.1 Å².